The molecule has 0 saturated heterocycles. The Morgan fingerprint density at radius 2 is 0.965 bits per heavy atom. The molecule has 3 aliphatic heterocycles. The van der Waals surface area contributed by atoms with Crippen LogP contribution in [0.1, 0.15) is 76.0 Å². The monoisotopic (exact) mass is 773 g/mol. The van der Waals surface area contributed by atoms with Crippen molar-refractivity contribution in [3.63, 3.8) is 0 Å². The maximum Gasteiger partial charge on any atom is 0.251 e. The van der Waals surface area contributed by atoms with Gasteiger partial charge in [-0.3, -0.25) is 0 Å². The first-order valence-electron chi connectivity index (χ1n) is 20.4. The highest BCUT2D eigenvalue weighted by atomic mass is 32.2. The van der Waals surface area contributed by atoms with Crippen LogP contribution < -0.4 is 42.4 Å². The zero-order valence-electron chi connectivity index (χ0n) is 33.4. The van der Waals surface area contributed by atoms with E-state index in [0.29, 0.717) is 17.8 Å². The fourth-order valence-corrected chi connectivity index (χ4v) is 11.8. The van der Waals surface area contributed by atoms with Crippen LogP contribution in [0.15, 0.2) is 165 Å². The van der Waals surface area contributed by atoms with E-state index in [1.165, 1.54) is 74.7 Å². The molecule has 0 amide bonds. The van der Waals surface area contributed by atoms with E-state index in [-0.39, 0.29) is 13.4 Å². The van der Waals surface area contributed by atoms with Crippen molar-refractivity contribution in [1.29, 1.82) is 0 Å². The Balaban J connectivity index is 1.20. The Hall–Kier alpha value is -5.03. The van der Waals surface area contributed by atoms with Gasteiger partial charge in [-0.1, -0.05) is 172 Å². The van der Waals surface area contributed by atoms with E-state index in [2.05, 4.69) is 192 Å². The van der Waals surface area contributed by atoms with Gasteiger partial charge in [0, 0.05) is 36.6 Å². The van der Waals surface area contributed by atoms with Crippen molar-refractivity contribution in [2.75, 3.05) is 4.90 Å². The van der Waals surface area contributed by atoms with Gasteiger partial charge in [-0.25, -0.2) is 0 Å². The molecule has 7 aromatic rings. The quantitative estimate of drug-likeness (QED) is 0.150. The van der Waals surface area contributed by atoms with Crippen LogP contribution in [0.2, 0.25) is 0 Å². The molecule has 0 fully saturated rings. The van der Waals surface area contributed by atoms with Gasteiger partial charge in [0.2, 0.25) is 6.71 Å². The predicted octanol–water partition coefficient (Wildman–Crippen LogP) is 10.6. The summed E-state index contributed by atoms with van der Waals surface area (Å²) in [6, 6.07) is 54.1. The topological polar surface area (TPSA) is 12.5 Å². The van der Waals surface area contributed by atoms with Crippen LogP contribution in [-0.4, -0.2) is 13.4 Å². The van der Waals surface area contributed by atoms with Gasteiger partial charge in [-0.15, -0.1) is 0 Å². The van der Waals surface area contributed by atoms with E-state index < -0.39 is 0 Å². The van der Waals surface area contributed by atoms with Crippen LogP contribution in [0.25, 0.3) is 0 Å². The molecule has 0 bridgehead atoms. The summed E-state index contributed by atoms with van der Waals surface area (Å²) in [5, 5.41) is 0. The normalized spacial score (nSPS) is 13.5. The summed E-state index contributed by atoms with van der Waals surface area (Å²) in [4.78, 5) is 7.61. The lowest BCUT2D eigenvalue weighted by Gasteiger charge is -2.37. The van der Waals surface area contributed by atoms with Gasteiger partial charge in [-0.2, -0.15) is 0 Å². The number of nitrogens with zero attached hydrogens (tertiary/aromatic N) is 1. The van der Waals surface area contributed by atoms with Crippen molar-refractivity contribution in [1.82, 2.24) is 0 Å². The summed E-state index contributed by atoms with van der Waals surface area (Å²) < 4.78 is 6.97. The predicted molar refractivity (Wildman–Crippen MR) is 247 cm³/mol. The Bertz CT molecular complexity index is 2610. The number of ether oxygens (including phenoxy) is 1. The van der Waals surface area contributed by atoms with Gasteiger partial charge in [0.05, 0.1) is 0 Å². The molecule has 0 unspecified atom stereocenters. The number of fused-ring (bicyclic) bond motifs is 6. The lowest BCUT2D eigenvalue weighted by molar-refractivity contribution is 0.486. The molecule has 6 heteroatoms. The number of hydrogen-bond acceptors (Lipinski definition) is 4. The summed E-state index contributed by atoms with van der Waals surface area (Å²) in [7, 11) is 0. The van der Waals surface area contributed by atoms with Gasteiger partial charge in [0.1, 0.15) is 11.5 Å². The van der Waals surface area contributed by atoms with E-state index in [1.807, 2.05) is 23.5 Å². The molecule has 0 aliphatic carbocycles. The molecule has 2 nitrogen and oxygen atoms in total. The minimum atomic E-state index is 0.0537. The maximum atomic E-state index is 6.97. The van der Waals surface area contributed by atoms with E-state index in [4.69, 9.17) is 4.74 Å². The molecule has 0 aromatic heterocycles. The minimum absolute atomic E-state index is 0.0537. The first kappa shape index (κ1) is 36.3. The molecular formula is C51H45B2NOS2. The highest BCUT2D eigenvalue weighted by molar-refractivity contribution is 8.01. The summed E-state index contributed by atoms with van der Waals surface area (Å²) in [6.07, 6.45) is 0. The van der Waals surface area contributed by atoms with E-state index in [9.17, 15) is 0 Å². The van der Waals surface area contributed by atoms with E-state index in [1.54, 1.807) is 0 Å². The summed E-state index contributed by atoms with van der Waals surface area (Å²) in [5.74, 6) is 3.13. The second-order valence-electron chi connectivity index (χ2n) is 16.6. The van der Waals surface area contributed by atoms with Gasteiger partial charge < -0.3 is 9.64 Å². The second kappa shape index (κ2) is 14.4. The molecule has 7 aromatic carbocycles. The molecule has 3 heterocycles. The first-order valence-corrected chi connectivity index (χ1v) is 22.0. The Labute approximate surface area is 347 Å². The van der Waals surface area contributed by atoms with Crippen LogP contribution in [0.4, 0.5) is 17.1 Å². The average Bonchev–Trinajstić information content (AvgIpc) is 3.22. The molecule has 3 aliphatic rings. The third kappa shape index (κ3) is 6.15. The van der Waals surface area contributed by atoms with Crippen LogP contribution in [-0.2, 0) is 0 Å². The minimum Gasteiger partial charge on any atom is -0.458 e. The van der Waals surface area contributed by atoms with E-state index >= 15 is 0 Å². The summed E-state index contributed by atoms with van der Waals surface area (Å²) in [6.45, 7) is 14.3. The van der Waals surface area contributed by atoms with Gasteiger partial charge in [-0.05, 0) is 105 Å². The highest BCUT2D eigenvalue weighted by Gasteiger charge is 2.42. The fourth-order valence-electron chi connectivity index (χ4n) is 9.28. The molecule has 278 valence electrons. The van der Waals surface area contributed by atoms with E-state index in [0.717, 1.165) is 22.9 Å². The van der Waals surface area contributed by atoms with Gasteiger partial charge in [0.25, 0.3) is 6.71 Å². The molecule has 0 spiro atoms. The smallest absolute Gasteiger partial charge is 0.251 e. The Kier molecular flexibility index (Phi) is 9.18. The Morgan fingerprint density at radius 3 is 1.58 bits per heavy atom. The summed E-state index contributed by atoms with van der Waals surface area (Å²) in [5.41, 5.74) is 15.9. The molecule has 10 rings (SSSR count). The first-order chi connectivity index (χ1) is 27.7. The van der Waals surface area contributed by atoms with Crippen molar-refractivity contribution in [2.24, 2.45) is 0 Å². The van der Waals surface area contributed by atoms with Crippen LogP contribution in [0, 0.1) is 0 Å². The third-order valence-electron chi connectivity index (χ3n) is 12.0. The van der Waals surface area contributed by atoms with Crippen molar-refractivity contribution in [2.45, 2.75) is 78.9 Å². The van der Waals surface area contributed by atoms with Crippen molar-refractivity contribution in [3.8, 4) is 11.5 Å². The lowest BCUT2D eigenvalue weighted by atomic mass is 9.31. The zero-order valence-corrected chi connectivity index (χ0v) is 35.0. The third-order valence-corrected chi connectivity index (χ3v) is 14.3. The SMILES string of the molecule is CC(C)c1cc(C(C)C)c(B2c3ccccc3Oc3cc4c(cc32)B2c3ccccc3Sc3cc(N(c5ccccc5)c5ccccc5)cc(c32)S4)c(C(C)C)c1. The highest BCUT2D eigenvalue weighted by Crippen LogP contribution is 2.45. The number of hydrogen-bond donors (Lipinski definition) is 0. The summed E-state index contributed by atoms with van der Waals surface area (Å²) >= 11 is 3.81. The van der Waals surface area contributed by atoms with Crippen molar-refractivity contribution >= 4 is 86.8 Å². The van der Waals surface area contributed by atoms with Gasteiger partial charge in [0.15, 0.2) is 0 Å². The Morgan fingerprint density at radius 1 is 0.421 bits per heavy atom. The number of rotatable bonds is 7. The molecule has 0 radical (unpaired) electrons. The lowest BCUT2D eigenvalue weighted by Crippen LogP contribution is -2.62. The van der Waals surface area contributed by atoms with Crippen molar-refractivity contribution < 1.29 is 4.74 Å². The number of anilines is 3. The van der Waals surface area contributed by atoms with Crippen LogP contribution in [0.3, 0.4) is 0 Å². The van der Waals surface area contributed by atoms with Crippen molar-refractivity contribution in [3.05, 3.63) is 162 Å². The molecule has 0 atom stereocenters. The second-order valence-corrected chi connectivity index (χ2v) is 18.8. The van der Waals surface area contributed by atoms with Crippen LogP contribution >= 0.6 is 23.5 Å². The number of para-hydroxylation sites is 3. The molecule has 57 heavy (non-hydrogen) atoms. The largest absolute Gasteiger partial charge is 0.458 e. The van der Waals surface area contributed by atoms with Gasteiger partial charge >= 0.3 is 0 Å². The zero-order chi connectivity index (χ0) is 38.9. The fraction of sp³-hybridized carbons (Fsp3) is 0.176. The molecular weight excluding hydrogens is 728 g/mol. The average molecular weight is 774 g/mol. The standard InChI is InChI=1S/C51H45B2NOS2/c1-31(2)34-25-38(32(3)4)50(39(26-34)33(5)6)52-40-21-13-15-23-44(40)55-45-30-47-43(29-42(45)52)53-41-22-14-16-24-46(41)56-48-27-37(28-49(57-47)51(48)53)54(35-17-9-7-10-18-35)36-19-11-8-12-20-36/h7-33H,1-6H3. The number of benzene rings is 7. The molecule has 0 N–H and O–H groups in total. The maximum absolute atomic E-state index is 6.97. The van der Waals surface area contributed by atoms with Crippen LogP contribution in [0.5, 0.6) is 11.5 Å². The molecule has 0 saturated carbocycles.